The van der Waals surface area contributed by atoms with Crippen LogP contribution in [-0.2, 0) is 10.0 Å². The predicted molar refractivity (Wildman–Crippen MR) is 72.8 cm³/mol. The summed E-state index contributed by atoms with van der Waals surface area (Å²) < 4.78 is 40.0. The second-order valence-electron chi connectivity index (χ2n) is 3.95. The minimum Gasteiger partial charge on any atom is -0.398 e. The molecule has 0 aliphatic heterocycles. The van der Waals surface area contributed by atoms with Gasteiger partial charge in [-0.15, -0.1) is 0 Å². The number of nitrogens with two attached hydrogens (primary N) is 1. The van der Waals surface area contributed by atoms with E-state index in [1.165, 1.54) is 30.3 Å². The lowest BCUT2D eigenvalue weighted by Crippen LogP contribution is -2.15. The number of hydrogen-bond donors (Lipinski definition) is 2. The Balaban J connectivity index is 2.40. The molecular formula is C13H10FN3O2S. The first-order chi connectivity index (χ1) is 9.44. The van der Waals surface area contributed by atoms with Crippen LogP contribution in [0.15, 0.2) is 47.4 Å². The molecule has 0 aliphatic carbocycles. The van der Waals surface area contributed by atoms with Crippen LogP contribution in [0.4, 0.5) is 15.8 Å². The normalized spacial score (nSPS) is 10.8. The lowest BCUT2D eigenvalue weighted by atomic mass is 10.2. The first-order valence-electron chi connectivity index (χ1n) is 5.51. The lowest BCUT2D eigenvalue weighted by molar-refractivity contribution is 0.599. The largest absolute Gasteiger partial charge is 0.398 e. The molecule has 0 atom stereocenters. The molecule has 20 heavy (non-hydrogen) atoms. The highest BCUT2D eigenvalue weighted by molar-refractivity contribution is 7.92. The van der Waals surface area contributed by atoms with Crippen molar-refractivity contribution in [3.8, 4) is 6.07 Å². The SMILES string of the molecule is N#Cc1ccc(NS(=O)(=O)c2ccccc2N)c(F)c1. The van der Waals surface area contributed by atoms with E-state index in [9.17, 15) is 12.8 Å². The van der Waals surface area contributed by atoms with Gasteiger partial charge in [-0.1, -0.05) is 12.1 Å². The van der Waals surface area contributed by atoms with E-state index in [0.717, 1.165) is 6.07 Å². The zero-order valence-electron chi connectivity index (χ0n) is 10.2. The Kier molecular flexibility index (Phi) is 3.59. The van der Waals surface area contributed by atoms with E-state index < -0.39 is 15.8 Å². The Morgan fingerprint density at radius 2 is 1.90 bits per heavy atom. The summed E-state index contributed by atoms with van der Waals surface area (Å²) >= 11 is 0. The van der Waals surface area contributed by atoms with Crippen molar-refractivity contribution in [2.45, 2.75) is 4.90 Å². The van der Waals surface area contributed by atoms with Gasteiger partial charge in [0, 0.05) is 0 Å². The van der Waals surface area contributed by atoms with Crippen LogP contribution in [0.3, 0.4) is 0 Å². The molecule has 0 spiro atoms. The van der Waals surface area contributed by atoms with Crippen molar-refractivity contribution >= 4 is 21.4 Å². The number of nitrogen functional groups attached to an aromatic ring is 1. The fourth-order valence-electron chi connectivity index (χ4n) is 1.59. The first kappa shape index (κ1) is 13.8. The number of halogens is 1. The van der Waals surface area contributed by atoms with Gasteiger partial charge in [0.05, 0.1) is 23.0 Å². The van der Waals surface area contributed by atoms with E-state index in [-0.39, 0.29) is 21.8 Å². The third-order valence-electron chi connectivity index (χ3n) is 2.55. The van der Waals surface area contributed by atoms with Crippen LogP contribution < -0.4 is 10.5 Å². The molecular weight excluding hydrogens is 281 g/mol. The number of rotatable bonds is 3. The zero-order valence-corrected chi connectivity index (χ0v) is 11.0. The molecule has 3 N–H and O–H groups in total. The predicted octanol–water partition coefficient (Wildman–Crippen LogP) is 2.08. The van der Waals surface area contributed by atoms with Crippen molar-refractivity contribution in [3.63, 3.8) is 0 Å². The Morgan fingerprint density at radius 3 is 2.50 bits per heavy atom. The van der Waals surface area contributed by atoms with Gasteiger partial charge in [-0.05, 0) is 30.3 Å². The summed E-state index contributed by atoms with van der Waals surface area (Å²) in [5, 5.41) is 8.63. The van der Waals surface area contributed by atoms with E-state index in [1.54, 1.807) is 12.1 Å². The van der Waals surface area contributed by atoms with Gasteiger partial charge >= 0.3 is 0 Å². The number of benzene rings is 2. The average molecular weight is 291 g/mol. The molecule has 0 radical (unpaired) electrons. The van der Waals surface area contributed by atoms with Crippen molar-refractivity contribution in [2.75, 3.05) is 10.5 Å². The van der Waals surface area contributed by atoms with E-state index in [4.69, 9.17) is 11.0 Å². The maximum Gasteiger partial charge on any atom is 0.264 e. The molecule has 0 saturated heterocycles. The van der Waals surface area contributed by atoms with E-state index in [2.05, 4.69) is 4.72 Å². The monoisotopic (exact) mass is 291 g/mol. The zero-order chi connectivity index (χ0) is 14.8. The van der Waals surface area contributed by atoms with Crippen LogP contribution >= 0.6 is 0 Å². The fraction of sp³-hybridized carbons (Fsp3) is 0. The molecule has 102 valence electrons. The standard InChI is InChI=1S/C13H10FN3O2S/c14-10-7-9(8-15)5-6-12(10)17-20(18,19)13-4-2-1-3-11(13)16/h1-7,17H,16H2. The maximum atomic E-state index is 13.7. The summed E-state index contributed by atoms with van der Waals surface area (Å²) in [4.78, 5) is -0.135. The van der Waals surface area contributed by atoms with Crippen LogP contribution in [0.25, 0.3) is 0 Å². The number of hydrogen-bond acceptors (Lipinski definition) is 4. The number of anilines is 2. The number of nitriles is 1. The van der Waals surface area contributed by atoms with Gasteiger partial charge in [0.1, 0.15) is 10.7 Å². The van der Waals surface area contributed by atoms with Crippen LogP contribution in [0.5, 0.6) is 0 Å². The summed E-state index contributed by atoms with van der Waals surface area (Å²) in [6.07, 6.45) is 0. The van der Waals surface area contributed by atoms with E-state index >= 15 is 0 Å². The number of sulfonamides is 1. The quantitative estimate of drug-likeness (QED) is 0.846. The Labute approximate surface area is 115 Å². The summed E-state index contributed by atoms with van der Waals surface area (Å²) in [5.74, 6) is -0.831. The molecule has 0 bridgehead atoms. The summed E-state index contributed by atoms with van der Waals surface area (Å²) in [5.41, 5.74) is 5.51. The van der Waals surface area contributed by atoms with Crippen molar-refractivity contribution in [1.82, 2.24) is 0 Å². The number of nitrogens with one attached hydrogen (secondary N) is 1. The van der Waals surface area contributed by atoms with Crippen molar-refractivity contribution < 1.29 is 12.8 Å². The molecule has 7 heteroatoms. The molecule has 2 aromatic rings. The highest BCUT2D eigenvalue weighted by atomic mass is 32.2. The minimum absolute atomic E-state index is 0.0639. The molecule has 0 aromatic heterocycles. The number of para-hydroxylation sites is 1. The third-order valence-corrected chi connectivity index (χ3v) is 3.99. The van der Waals surface area contributed by atoms with Gasteiger partial charge in [-0.2, -0.15) is 5.26 Å². The van der Waals surface area contributed by atoms with Gasteiger partial charge < -0.3 is 5.73 Å². The Morgan fingerprint density at radius 1 is 1.20 bits per heavy atom. The Hall–Kier alpha value is -2.59. The van der Waals surface area contributed by atoms with Crippen LogP contribution in [0.1, 0.15) is 5.56 Å². The third kappa shape index (κ3) is 2.70. The molecule has 0 heterocycles. The maximum absolute atomic E-state index is 13.7. The van der Waals surface area contributed by atoms with Crippen LogP contribution in [0.2, 0.25) is 0 Å². The Bertz CT molecular complexity index is 798. The second-order valence-corrected chi connectivity index (χ2v) is 5.60. The smallest absolute Gasteiger partial charge is 0.264 e. The minimum atomic E-state index is -3.98. The summed E-state index contributed by atoms with van der Waals surface area (Å²) in [6.45, 7) is 0. The van der Waals surface area contributed by atoms with E-state index in [0.29, 0.717) is 0 Å². The molecule has 0 unspecified atom stereocenters. The molecule has 2 aromatic carbocycles. The van der Waals surface area contributed by atoms with Gasteiger partial charge in [0.25, 0.3) is 10.0 Å². The molecule has 2 rings (SSSR count). The highest BCUT2D eigenvalue weighted by Crippen LogP contribution is 2.23. The molecule has 0 saturated carbocycles. The summed E-state index contributed by atoms with van der Waals surface area (Å²) in [6, 6.07) is 11.1. The van der Waals surface area contributed by atoms with Gasteiger partial charge in [-0.25, -0.2) is 12.8 Å². The summed E-state index contributed by atoms with van der Waals surface area (Å²) in [7, 11) is -3.98. The topological polar surface area (TPSA) is 96.0 Å². The molecule has 0 fully saturated rings. The number of nitrogens with zero attached hydrogens (tertiary/aromatic N) is 1. The van der Waals surface area contributed by atoms with Crippen LogP contribution in [0, 0.1) is 17.1 Å². The molecule has 0 amide bonds. The second kappa shape index (κ2) is 5.19. The van der Waals surface area contributed by atoms with Crippen molar-refractivity contribution in [2.24, 2.45) is 0 Å². The average Bonchev–Trinajstić information content (AvgIpc) is 2.41. The van der Waals surface area contributed by atoms with Crippen molar-refractivity contribution in [1.29, 1.82) is 5.26 Å². The molecule has 0 aliphatic rings. The van der Waals surface area contributed by atoms with Gasteiger partial charge in [-0.3, -0.25) is 4.72 Å². The highest BCUT2D eigenvalue weighted by Gasteiger charge is 2.18. The van der Waals surface area contributed by atoms with Gasteiger partial charge in [0.15, 0.2) is 0 Å². The fourth-order valence-corrected chi connectivity index (χ4v) is 2.79. The molecule has 5 nitrogen and oxygen atoms in total. The lowest BCUT2D eigenvalue weighted by Gasteiger charge is -2.10. The van der Waals surface area contributed by atoms with Crippen LogP contribution in [-0.4, -0.2) is 8.42 Å². The van der Waals surface area contributed by atoms with Gasteiger partial charge in [0.2, 0.25) is 0 Å². The van der Waals surface area contributed by atoms with Crippen molar-refractivity contribution in [3.05, 3.63) is 53.8 Å². The first-order valence-corrected chi connectivity index (χ1v) is 6.99. The van der Waals surface area contributed by atoms with E-state index in [1.807, 2.05) is 0 Å².